The van der Waals surface area contributed by atoms with Crippen molar-refractivity contribution >= 4 is 28.8 Å². The van der Waals surface area contributed by atoms with Crippen LogP contribution in [-0.4, -0.2) is 24.1 Å². The Bertz CT molecular complexity index is 501. The zero-order valence-electron chi connectivity index (χ0n) is 10.3. The second-order valence-corrected chi connectivity index (χ2v) is 4.87. The summed E-state index contributed by atoms with van der Waals surface area (Å²) in [6.07, 6.45) is 1.62. The molecule has 1 unspecified atom stereocenters. The van der Waals surface area contributed by atoms with Crippen LogP contribution in [0.4, 0.5) is 10.1 Å². The van der Waals surface area contributed by atoms with Gasteiger partial charge < -0.3 is 15.8 Å². The predicted octanol–water partition coefficient (Wildman–Crippen LogP) is 1.82. The van der Waals surface area contributed by atoms with Crippen molar-refractivity contribution in [2.75, 3.05) is 18.5 Å². The number of thiocarbonyl (C=S) groups is 1. The molecular weight excluding hydrogens is 267 g/mol. The fourth-order valence-electron chi connectivity index (χ4n) is 2.06. The summed E-state index contributed by atoms with van der Waals surface area (Å²) < 4.78 is 18.9. The number of carbonyl (C=O) groups is 1. The van der Waals surface area contributed by atoms with E-state index in [0.717, 1.165) is 12.8 Å². The number of rotatable bonds is 3. The Hall–Kier alpha value is -1.53. The molecule has 1 aliphatic heterocycles. The van der Waals surface area contributed by atoms with Gasteiger partial charge in [0.05, 0.1) is 23.8 Å². The Morgan fingerprint density at radius 2 is 2.32 bits per heavy atom. The highest BCUT2D eigenvalue weighted by Crippen LogP contribution is 2.21. The van der Waals surface area contributed by atoms with Gasteiger partial charge in [-0.3, -0.25) is 4.79 Å². The van der Waals surface area contributed by atoms with E-state index < -0.39 is 5.82 Å². The molecule has 0 radical (unpaired) electrons. The number of benzene rings is 1. The van der Waals surface area contributed by atoms with E-state index in [1.165, 1.54) is 12.1 Å². The number of ether oxygens (including phenoxy) is 1. The summed E-state index contributed by atoms with van der Waals surface area (Å²) in [6.45, 7) is 1.07. The molecule has 2 rings (SSSR count). The minimum absolute atomic E-state index is 0.0718. The summed E-state index contributed by atoms with van der Waals surface area (Å²) in [5.41, 5.74) is 5.87. The highest BCUT2D eigenvalue weighted by molar-refractivity contribution is 7.80. The first-order valence-electron chi connectivity index (χ1n) is 6.06. The number of carbonyl (C=O) groups excluding carboxylic acids is 1. The van der Waals surface area contributed by atoms with E-state index in [-0.39, 0.29) is 22.4 Å². The normalized spacial score (nSPS) is 18.9. The van der Waals surface area contributed by atoms with E-state index in [1.54, 1.807) is 6.07 Å². The first-order chi connectivity index (χ1) is 9.09. The van der Waals surface area contributed by atoms with E-state index in [0.29, 0.717) is 18.9 Å². The standard InChI is InChI=1S/C13H15FN2O2S/c14-9-4-1-5-10(11(9)12(15)19)16-13(17)8-3-2-6-18-7-8/h1,4-5,8H,2-3,6-7H2,(H2,15,19)(H,16,17). The number of nitrogens with one attached hydrogen (secondary N) is 1. The molecule has 1 amide bonds. The molecule has 0 aromatic heterocycles. The van der Waals surface area contributed by atoms with Crippen LogP contribution in [0.1, 0.15) is 18.4 Å². The maximum absolute atomic E-state index is 13.7. The second-order valence-electron chi connectivity index (χ2n) is 4.43. The summed E-state index contributed by atoms with van der Waals surface area (Å²) >= 11 is 4.81. The Morgan fingerprint density at radius 3 is 2.95 bits per heavy atom. The van der Waals surface area contributed by atoms with E-state index in [1.807, 2.05) is 0 Å². The van der Waals surface area contributed by atoms with Crippen molar-refractivity contribution in [3.63, 3.8) is 0 Å². The first kappa shape index (κ1) is 13.9. The Labute approximate surface area is 116 Å². The molecule has 0 spiro atoms. The van der Waals surface area contributed by atoms with Crippen molar-refractivity contribution in [2.24, 2.45) is 11.7 Å². The van der Waals surface area contributed by atoms with Gasteiger partial charge in [0.2, 0.25) is 5.91 Å². The first-order valence-corrected chi connectivity index (χ1v) is 6.47. The fourth-order valence-corrected chi connectivity index (χ4v) is 2.27. The lowest BCUT2D eigenvalue weighted by molar-refractivity contribution is -0.123. The quantitative estimate of drug-likeness (QED) is 0.830. The summed E-state index contributed by atoms with van der Waals surface area (Å²) in [4.78, 5) is 12.0. The largest absolute Gasteiger partial charge is 0.389 e. The van der Waals surface area contributed by atoms with E-state index >= 15 is 0 Å². The van der Waals surface area contributed by atoms with Crippen molar-refractivity contribution in [3.8, 4) is 0 Å². The highest BCUT2D eigenvalue weighted by Gasteiger charge is 2.23. The van der Waals surface area contributed by atoms with Crippen LogP contribution in [0.2, 0.25) is 0 Å². The highest BCUT2D eigenvalue weighted by atomic mass is 32.1. The summed E-state index contributed by atoms with van der Waals surface area (Å²) in [6, 6.07) is 4.34. The molecule has 0 bridgehead atoms. The third-order valence-electron chi connectivity index (χ3n) is 3.05. The maximum Gasteiger partial charge on any atom is 0.229 e. The van der Waals surface area contributed by atoms with E-state index in [4.69, 9.17) is 22.7 Å². The second kappa shape index (κ2) is 6.08. The van der Waals surface area contributed by atoms with Crippen LogP contribution in [0.5, 0.6) is 0 Å². The molecular formula is C13H15FN2O2S. The molecule has 1 aliphatic rings. The molecule has 0 saturated carbocycles. The van der Waals surface area contributed by atoms with Crippen LogP contribution in [-0.2, 0) is 9.53 Å². The van der Waals surface area contributed by atoms with Gasteiger partial charge in [-0.25, -0.2) is 4.39 Å². The van der Waals surface area contributed by atoms with Crippen LogP contribution in [0.3, 0.4) is 0 Å². The number of halogens is 1. The zero-order valence-corrected chi connectivity index (χ0v) is 11.1. The van der Waals surface area contributed by atoms with Gasteiger partial charge in [-0.2, -0.15) is 0 Å². The van der Waals surface area contributed by atoms with Crippen molar-refractivity contribution in [3.05, 3.63) is 29.6 Å². The average Bonchev–Trinajstić information content (AvgIpc) is 2.39. The fraction of sp³-hybridized carbons (Fsp3) is 0.385. The Balaban J connectivity index is 2.16. The Kier molecular flexibility index (Phi) is 4.44. The molecule has 102 valence electrons. The van der Waals surface area contributed by atoms with Gasteiger partial charge in [0.15, 0.2) is 0 Å². The lowest BCUT2D eigenvalue weighted by atomic mass is 10.0. The van der Waals surface area contributed by atoms with Crippen molar-refractivity contribution < 1.29 is 13.9 Å². The zero-order chi connectivity index (χ0) is 13.8. The molecule has 3 N–H and O–H groups in total. The third kappa shape index (κ3) is 3.27. The Morgan fingerprint density at radius 1 is 1.53 bits per heavy atom. The van der Waals surface area contributed by atoms with E-state index in [9.17, 15) is 9.18 Å². The van der Waals surface area contributed by atoms with Crippen LogP contribution in [0.25, 0.3) is 0 Å². The van der Waals surface area contributed by atoms with E-state index in [2.05, 4.69) is 5.32 Å². The lowest BCUT2D eigenvalue weighted by Crippen LogP contribution is -2.31. The molecule has 1 atom stereocenters. The molecule has 1 aromatic rings. The van der Waals surface area contributed by atoms with Gasteiger partial charge >= 0.3 is 0 Å². The predicted molar refractivity (Wildman–Crippen MR) is 74.5 cm³/mol. The number of anilines is 1. The molecule has 1 fully saturated rings. The van der Waals surface area contributed by atoms with Crippen molar-refractivity contribution in [1.82, 2.24) is 0 Å². The number of amides is 1. The molecule has 0 aliphatic carbocycles. The summed E-state index contributed by atoms with van der Waals surface area (Å²) in [5, 5.41) is 2.68. The molecule has 1 aromatic carbocycles. The van der Waals surface area contributed by atoms with Gasteiger partial charge in [0.1, 0.15) is 10.8 Å². The van der Waals surface area contributed by atoms with Gasteiger partial charge in [-0.05, 0) is 25.0 Å². The van der Waals surface area contributed by atoms with Gasteiger partial charge in [0, 0.05) is 6.61 Å². The maximum atomic E-state index is 13.7. The van der Waals surface area contributed by atoms with Crippen LogP contribution in [0, 0.1) is 11.7 Å². The average molecular weight is 282 g/mol. The molecule has 4 nitrogen and oxygen atoms in total. The number of nitrogens with two attached hydrogens (primary N) is 1. The van der Waals surface area contributed by atoms with Gasteiger partial charge in [0.25, 0.3) is 0 Å². The summed E-state index contributed by atoms with van der Waals surface area (Å²) in [7, 11) is 0. The third-order valence-corrected chi connectivity index (χ3v) is 3.25. The minimum atomic E-state index is -0.537. The van der Waals surface area contributed by atoms with Gasteiger partial charge in [-0.15, -0.1) is 0 Å². The molecule has 6 heteroatoms. The SMILES string of the molecule is NC(=S)c1c(F)cccc1NC(=O)C1CCCOC1. The number of hydrogen-bond acceptors (Lipinski definition) is 3. The van der Waals surface area contributed by atoms with Crippen LogP contribution >= 0.6 is 12.2 Å². The summed E-state index contributed by atoms with van der Waals surface area (Å²) in [5.74, 6) is -0.941. The van der Waals surface area contributed by atoms with Gasteiger partial charge in [-0.1, -0.05) is 18.3 Å². The minimum Gasteiger partial charge on any atom is -0.389 e. The lowest BCUT2D eigenvalue weighted by Gasteiger charge is -2.22. The topological polar surface area (TPSA) is 64.3 Å². The molecule has 19 heavy (non-hydrogen) atoms. The monoisotopic (exact) mass is 282 g/mol. The van der Waals surface area contributed by atoms with Crippen molar-refractivity contribution in [1.29, 1.82) is 0 Å². The molecule has 1 saturated heterocycles. The molecule has 1 heterocycles. The number of hydrogen-bond donors (Lipinski definition) is 2. The van der Waals surface area contributed by atoms with Crippen LogP contribution in [0.15, 0.2) is 18.2 Å². The van der Waals surface area contributed by atoms with Crippen LogP contribution < -0.4 is 11.1 Å². The smallest absolute Gasteiger partial charge is 0.229 e. The van der Waals surface area contributed by atoms with Crippen molar-refractivity contribution in [2.45, 2.75) is 12.8 Å².